The Morgan fingerprint density at radius 2 is 1.80 bits per heavy atom. The van der Waals surface area contributed by atoms with Crippen molar-refractivity contribution in [3.63, 3.8) is 0 Å². The molecule has 3 rings (SSSR count). The number of hydrogen-bond acceptors (Lipinski definition) is 2. The van der Waals surface area contributed by atoms with Crippen LogP contribution in [0.25, 0.3) is 0 Å². The van der Waals surface area contributed by atoms with E-state index in [1.165, 1.54) is 4.90 Å². The number of benzene rings is 2. The van der Waals surface area contributed by atoms with E-state index in [9.17, 15) is 9.90 Å². The quantitative estimate of drug-likeness (QED) is 0.874. The highest BCUT2D eigenvalue weighted by atomic mass is 35.5. The average Bonchev–Trinajstić information content (AvgIpc) is 2.94. The van der Waals surface area contributed by atoms with Gasteiger partial charge >= 0.3 is 6.09 Å². The lowest BCUT2D eigenvalue weighted by molar-refractivity contribution is 0.0674. The molecule has 0 saturated carbocycles. The number of amides is 1. The van der Waals surface area contributed by atoms with Gasteiger partial charge in [-0.1, -0.05) is 61.0 Å². The third-order valence-electron chi connectivity index (χ3n) is 5.67. The number of carboxylic acid groups (broad SMARTS) is 1. The topological polar surface area (TPSA) is 52.6 Å². The molecule has 1 aliphatic heterocycles. The summed E-state index contributed by atoms with van der Waals surface area (Å²) in [5.41, 5.74) is 1.25. The molecule has 2 aromatic carbocycles. The fraction of sp³-hybridized carbons (Fsp3) is 0.350. The minimum atomic E-state index is -0.917. The van der Waals surface area contributed by atoms with Gasteiger partial charge in [0, 0.05) is 30.6 Å². The first-order chi connectivity index (χ1) is 11.9. The zero-order chi connectivity index (χ0) is 18.1. The molecule has 0 spiro atoms. The van der Waals surface area contributed by atoms with Crippen molar-refractivity contribution in [3.8, 4) is 0 Å². The normalized spacial score (nSPS) is 25.7. The van der Waals surface area contributed by atoms with Crippen molar-refractivity contribution in [1.29, 1.82) is 0 Å². The lowest BCUT2D eigenvalue weighted by atomic mass is 9.65. The molecular weight excluding hydrogens is 336 g/mol. The molecule has 25 heavy (non-hydrogen) atoms. The third kappa shape index (κ3) is 3.00. The maximum atomic E-state index is 11.9. The minimum absolute atomic E-state index is 0.374. The molecule has 0 bridgehead atoms. The predicted octanol–water partition coefficient (Wildman–Crippen LogP) is 3.79. The van der Waals surface area contributed by atoms with Crippen LogP contribution in [-0.2, 0) is 11.8 Å². The predicted molar refractivity (Wildman–Crippen MR) is 100 cm³/mol. The van der Waals surface area contributed by atoms with E-state index < -0.39 is 11.6 Å². The summed E-state index contributed by atoms with van der Waals surface area (Å²) in [6.45, 7) is 3.45. The van der Waals surface area contributed by atoms with Crippen LogP contribution in [0.1, 0.15) is 18.1 Å². The number of nitrogens with zero attached hydrogens (tertiary/aromatic N) is 1. The summed E-state index contributed by atoms with van der Waals surface area (Å²) in [7, 11) is 1.67. The van der Waals surface area contributed by atoms with Crippen molar-refractivity contribution in [2.75, 3.05) is 20.1 Å². The van der Waals surface area contributed by atoms with Gasteiger partial charge < -0.3 is 15.3 Å². The number of nitrogens with one attached hydrogen (secondary N) is 1. The van der Waals surface area contributed by atoms with Gasteiger partial charge in [0.05, 0.1) is 5.54 Å². The van der Waals surface area contributed by atoms with Crippen molar-refractivity contribution in [2.45, 2.75) is 24.3 Å². The monoisotopic (exact) mass is 358 g/mol. The van der Waals surface area contributed by atoms with E-state index in [4.69, 9.17) is 11.6 Å². The van der Waals surface area contributed by atoms with E-state index >= 15 is 0 Å². The Balaban J connectivity index is 2.11. The Bertz CT molecular complexity index is 750. The van der Waals surface area contributed by atoms with Crippen LogP contribution < -0.4 is 5.32 Å². The second kappa shape index (κ2) is 6.70. The number of hydrogen-bond donors (Lipinski definition) is 2. The van der Waals surface area contributed by atoms with Crippen LogP contribution in [0.4, 0.5) is 4.79 Å². The molecule has 0 aliphatic carbocycles. The highest BCUT2D eigenvalue weighted by Gasteiger charge is 2.56. The zero-order valence-electron chi connectivity index (χ0n) is 14.5. The molecule has 2 aromatic rings. The molecule has 2 N–H and O–H groups in total. The first-order valence-electron chi connectivity index (χ1n) is 8.36. The van der Waals surface area contributed by atoms with Crippen LogP contribution in [0, 0.1) is 0 Å². The summed E-state index contributed by atoms with van der Waals surface area (Å²) in [6, 6.07) is 17.8. The van der Waals surface area contributed by atoms with Crippen LogP contribution >= 0.6 is 11.6 Å². The van der Waals surface area contributed by atoms with Crippen LogP contribution in [0.3, 0.4) is 0 Å². The Hall–Kier alpha value is -2.04. The molecule has 1 heterocycles. The first-order valence-corrected chi connectivity index (χ1v) is 8.74. The van der Waals surface area contributed by atoms with E-state index in [2.05, 4.69) is 24.4 Å². The minimum Gasteiger partial charge on any atom is -0.465 e. The fourth-order valence-electron chi connectivity index (χ4n) is 4.05. The molecule has 0 aromatic heterocycles. The lowest BCUT2D eigenvalue weighted by Crippen LogP contribution is -2.62. The van der Waals surface area contributed by atoms with Crippen molar-refractivity contribution in [2.24, 2.45) is 0 Å². The van der Waals surface area contributed by atoms with Gasteiger partial charge in [0.15, 0.2) is 0 Å². The smallest absolute Gasteiger partial charge is 0.407 e. The summed E-state index contributed by atoms with van der Waals surface area (Å²) in [4.78, 5) is 13.4. The zero-order valence-corrected chi connectivity index (χ0v) is 15.3. The summed E-state index contributed by atoms with van der Waals surface area (Å²) in [5, 5.41) is 13.9. The second-order valence-corrected chi connectivity index (χ2v) is 7.41. The molecule has 1 aliphatic rings. The van der Waals surface area contributed by atoms with Crippen molar-refractivity contribution in [1.82, 2.24) is 10.2 Å². The van der Waals surface area contributed by atoms with E-state index in [0.29, 0.717) is 24.5 Å². The van der Waals surface area contributed by atoms with Gasteiger partial charge in [0.2, 0.25) is 0 Å². The number of rotatable bonds is 4. The second-order valence-electron chi connectivity index (χ2n) is 6.98. The molecule has 1 fully saturated rings. The van der Waals surface area contributed by atoms with Crippen LogP contribution in [0.15, 0.2) is 54.6 Å². The van der Waals surface area contributed by atoms with Crippen LogP contribution in [0.2, 0.25) is 5.02 Å². The van der Waals surface area contributed by atoms with Gasteiger partial charge in [0.25, 0.3) is 0 Å². The van der Waals surface area contributed by atoms with Crippen LogP contribution in [0.5, 0.6) is 0 Å². The number of halogens is 1. The molecular formula is C20H23ClN2O2. The highest BCUT2D eigenvalue weighted by Crippen LogP contribution is 2.44. The third-order valence-corrected chi connectivity index (χ3v) is 5.92. The van der Waals surface area contributed by atoms with Gasteiger partial charge in [-0.25, -0.2) is 4.79 Å². The maximum Gasteiger partial charge on any atom is 0.407 e. The lowest BCUT2D eigenvalue weighted by Gasteiger charge is -2.48. The summed E-state index contributed by atoms with van der Waals surface area (Å²) >= 11 is 6.06. The largest absolute Gasteiger partial charge is 0.465 e. The van der Waals surface area contributed by atoms with Gasteiger partial charge in [-0.2, -0.15) is 0 Å². The molecule has 1 amide bonds. The maximum absolute atomic E-state index is 11.9. The van der Waals surface area contributed by atoms with Crippen molar-refractivity contribution in [3.05, 3.63) is 70.7 Å². The summed E-state index contributed by atoms with van der Waals surface area (Å²) in [5.74, 6) is 0. The van der Waals surface area contributed by atoms with E-state index in [1.54, 1.807) is 7.05 Å². The first kappa shape index (κ1) is 17.8. The van der Waals surface area contributed by atoms with Gasteiger partial charge in [0.1, 0.15) is 0 Å². The molecule has 0 unspecified atom stereocenters. The molecule has 5 heteroatoms. The van der Waals surface area contributed by atoms with Gasteiger partial charge in [-0.05, 0) is 29.7 Å². The molecule has 1 saturated heterocycles. The summed E-state index contributed by atoms with van der Waals surface area (Å²) in [6.07, 6.45) is -0.275. The Labute approximate surface area is 153 Å². The average molecular weight is 359 g/mol. The summed E-state index contributed by atoms with van der Waals surface area (Å²) < 4.78 is 0. The van der Waals surface area contributed by atoms with Crippen molar-refractivity contribution >= 4 is 17.7 Å². The SMILES string of the molecule is CN(C(=O)O)[C@]1(Cc2ccccc2)CNC[C@@]1(C)c1ccc(Cl)cc1. The van der Waals surface area contributed by atoms with E-state index in [-0.39, 0.29) is 5.41 Å². The molecule has 132 valence electrons. The highest BCUT2D eigenvalue weighted by molar-refractivity contribution is 6.30. The van der Waals surface area contributed by atoms with E-state index in [0.717, 1.165) is 11.1 Å². The van der Waals surface area contributed by atoms with E-state index in [1.807, 2.05) is 42.5 Å². The molecule has 4 nitrogen and oxygen atoms in total. The van der Waals surface area contributed by atoms with Crippen LogP contribution in [-0.4, -0.2) is 41.8 Å². The fourth-order valence-corrected chi connectivity index (χ4v) is 4.17. The van der Waals surface area contributed by atoms with Gasteiger partial charge in [-0.15, -0.1) is 0 Å². The standard InChI is InChI=1S/C20H23ClN2O2/c1-19(16-8-10-17(21)11-9-16)13-22-14-20(19,23(2)18(24)25)12-15-6-4-3-5-7-15/h3-11,22H,12-14H2,1-2H3,(H,24,25)/t19-,20+/m0/s1. The Morgan fingerprint density at radius 1 is 1.16 bits per heavy atom. The van der Waals surface area contributed by atoms with Crippen molar-refractivity contribution < 1.29 is 9.90 Å². The molecule has 0 radical (unpaired) electrons. The Kier molecular flexibility index (Phi) is 4.76. The Morgan fingerprint density at radius 3 is 2.40 bits per heavy atom. The van der Waals surface area contributed by atoms with Gasteiger partial charge in [-0.3, -0.25) is 0 Å². The molecule has 2 atom stereocenters. The number of likely N-dealkylation sites (N-methyl/N-ethyl adjacent to an activating group) is 1. The number of carbonyl (C=O) groups is 1.